The van der Waals surface area contributed by atoms with Crippen LogP contribution in [0.2, 0.25) is 0 Å². The van der Waals surface area contributed by atoms with E-state index >= 15 is 0 Å². The number of anilines is 1. The summed E-state index contributed by atoms with van der Waals surface area (Å²) in [7, 11) is -3.39. The van der Waals surface area contributed by atoms with Gasteiger partial charge in [0, 0.05) is 18.8 Å². The number of nitrogens with one attached hydrogen (secondary N) is 1. The molecule has 2 rings (SSSR count). The van der Waals surface area contributed by atoms with Crippen LogP contribution in [0.15, 0.2) is 24.3 Å². The van der Waals surface area contributed by atoms with Crippen molar-refractivity contribution in [2.24, 2.45) is 0 Å². The van der Waals surface area contributed by atoms with Crippen LogP contribution in [-0.4, -0.2) is 25.8 Å². The monoisotopic (exact) mass is 268 g/mol. The maximum absolute atomic E-state index is 12.2. The average Bonchev–Trinajstić information content (AvgIpc) is 2.61. The van der Waals surface area contributed by atoms with Crippen molar-refractivity contribution in [2.45, 2.75) is 32.6 Å². The number of nitrogens with zero attached hydrogens (tertiary/aromatic N) is 1. The predicted molar refractivity (Wildman–Crippen MR) is 73.8 cm³/mol. The van der Waals surface area contributed by atoms with Gasteiger partial charge in [-0.05, 0) is 31.9 Å². The van der Waals surface area contributed by atoms with E-state index in [4.69, 9.17) is 0 Å². The largest absolute Gasteiger partial charge is 0.301 e. The Balaban J connectivity index is 2.08. The number of hydrogen-bond donors (Lipinski definition) is 1. The minimum Gasteiger partial charge on any atom is -0.271 e. The van der Waals surface area contributed by atoms with Gasteiger partial charge in [-0.15, -0.1) is 0 Å². The molecule has 4 nitrogen and oxygen atoms in total. The van der Waals surface area contributed by atoms with Gasteiger partial charge in [-0.1, -0.05) is 30.5 Å². The minimum atomic E-state index is -3.39. The SMILES string of the molecule is Cc1ccc(NS(=O)(=O)N2CCCCCC2)cc1. The molecule has 0 bridgehead atoms. The molecule has 1 heterocycles. The normalized spacial score (nSPS) is 18.3. The van der Waals surface area contributed by atoms with E-state index < -0.39 is 10.2 Å². The van der Waals surface area contributed by atoms with Gasteiger partial charge in [0.1, 0.15) is 0 Å². The van der Waals surface area contributed by atoms with Gasteiger partial charge in [-0.2, -0.15) is 12.7 Å². The molecule has 1 aliphatic rings. The van der Waals surface area contributed by atoms with Crippen LogP contribution in [0.4, 0.5) is 5.69 Å². The molecular formula is C13H20N2O2S. The van der Waals surface area contributed by atoms with Crippen molar-refractivity contribution in [2.75, 3.05) is 17.8 Å². The number of aryl methyl sites for hydroxylation is 1. The highest BCUT2D eigenvalue weighted by molar-refractivity contribution is 7.90. The fourth-order valence-electron chi connectivity index (χ4n) is 2.12. The third-order valence-corrected chi connectivity index (χ3v) is 4.74. The van der Waals surface area contributed by atoms with Crippen LogP contribution < -0.4 is 4.72 Å². The molecule has 0 saturated carbocycles. The number of rotatable bonds is 3. The zero-order chi connectivity index (χ0) is 13.0. The summed E-state index contributed by atoms with van der Waals surface area (Å²) in [5.41, 5.74) is 1.75. The van der Waals surface area contributed by atoms with Gasteiger partial charge in [-0.3, -0.25) is 4.72 Å². The zero-order valence-corrected chi connectivity index (χ0v) is 11.5. The summed E-state index contributed by atoms with van der Waals surface area (Å²) in [4.78, 5) is 0. The number of hydrogen-bond acceptors (Lipinski definition) is 2. The van der Waals surface area contributed by atoms with Crippen molar-refractivity contribution in [3.63, 3.8) is 0 Å². The van der Waals surface area contributed by atoms with Crippen LogP contribution >= 0.6 is 0 Å². The predicted octanol–water partition coefficient (Wildman–Crippen LogP) is 2.53. The van der Waals surface area contributed by atoms with Crippen LogP contribution in [0.25, 0.3) is 0 Å². The van der Waals surface area contributed by atoms with E-state index in [2.05, 4.69) is 4.72 Å². The van der Waals surface area contributed by atoms with Crippen molar-refractivity contribution in [3.8, 4) is 0 Å². The van der Waals surface area contributed by atoms with Gasteiger partial charge in [0.15, 0.2) is 0 Å². The lowest BCUT2D eigenvalue weighted by atomic mass is 10.2. The van der Waals surface area contributed by atoms with Gasteiger partial charge in [0.05, 0.1) is 0 Å². The molecule has 0 aromatic heterocycles. The molecule has 1 aliphatic heterocycles. The Labute approximate surface area is 109 Å². The van der Waals surface area contributed by atoms with E-state index in [0.717, 1.165) is 31.2 Å². The summed E-state index contributed by atoms with van der Waals surface area (Å²) in [5.74, 6) is 0. The summed E-state index contributed by atoms with van der Waals surface area (Å²) in [6.45, 7) is 3.23. The van der Waals surface area contributed by atoms with E-state index in [1.807, 2.05) is 19.1 Å². The lowest BCUT2D eigenvalue weighted by Gasteiger charge is -2.20. The Morgan fingerprint density at radius 3 is 2.11 bits per heavy atom. The standard InChI is InChI=1S/C13H20N2O2S/c1-12-6-8-13(9-7-12)14-18(16,17)15-10-4-2-3-5-11-15/h6-9,14H,2-5,10-11H2,1H3. The Kier molecular flexibility index (Phi) is 4.24. The summed E-state index contributed by atoms with van der Waals surface area (Å²) >= 11 is 0. The second-order valence-corrected chi connectivity index (χ2v) is 6.46. The molecule has 1 aromatic rings. The topological polar surface area (TPSA) is 49.4 Å². The summed E-state index contributed by atoms with van der Waals surface area (Å²) in [6, 6.07) is 7.40. The lowest BCUT2D eigenvalue weighted by Crippen LogP contribution is -2.36. The quantitative estimate of drug-likeness (QED) is 0.915. The smallest absolute Gasteiger partial charge is 0.271 e. The van der Waals surface area contributed by atoms with E-state index in [1.165, 1.54) is 0 Å². The van der Waals surface area contributed by atoms with E-state index in [9.17, 15) is 8.42 Å². The molecule has 1 fully saturated rings. The van der Waals surface area contributed by atoms with Gasteiger partial charge >= 0.3 is 10.2 Å². The van der Waals surface area contributed by atoms with Crippen molar-refractivity contribution in [1.29, 1.82) is 0 Å². The first-order valence-electron chi connectivity index (χ1n) is 6.42. The molecule has 0 unspecified atom stereocenters. The average molecular weight is 268 g/mol. The van der Waals surface area contributed by atoms with E-state index in [0.29, 0.717) is 18.8 Å². The molecule has 5 heteroatoms. The second kappa shape index (κ2) is 5.71. The summed E-state index contributed by atoms with van der Waals surface area (Å²) < 4.78 is 28.6. The molecule has 0 radical (unpaired) electrons. The fraction of sp³-hybridized carbons (Fsp3) is 0.538. The van der Waals surface area contributed by atoms with Crippen molar-refractivity contribution >= 4 is 15.9 Å². The van der Waals surface area contributed by atoms with Crippen LogP contribution in [0.5, 0.6) is 0 Å². The van der Waals surface area contributed by atoms with Crippen molar-refractivity contribution in [3.05, 3.63) is 29.8 Å². The van der Waals surface area contributed by atoms with Gasteiger partial charge in [0.2, 0.25) is 0 Å². The lowest BCUT2D eigenvalue weighted by molar-refractivity contribution is 0.427. The third kappa shape index (κ3) is 3.46. The molecule has 1 aromatic carbocycles. The Morgan fingerprint density at radius 1 is 1.00 bits per heavy atom. The highest BCUT2D eigenvalue weighted by Gasteiger charge is 2.22. The Morgan fingerprint density at radius 2 is 1.56 bits per heavy atom. The molecule has 0 spiro atoms. The van der Waals surface area contributed by atoms with Crippen LogP contribution in [0.3, 0.4) is 0 Å². The van der Waals surface area contributed by atoms with Gasteiger partial charge in [0.25, 0.3) is 0 Å². The number of benzene rings is 1. The van der Waals surface area contributed by atoms with E-state index in [1.54, 1.807) is 16.4 Å². The van der Waals surface area contributed by atoms with Crippen molar-refractivity contribution < 1.29 is 8.42 Å². The zero-order valence-electron chi connectivity index (χ0n) is 10.7. The molecular weight excluding hydrogens is 248 g/mol. The van der Waals surface area contributed by atoms with E-state index in [-0.39, 0.29) is 0 Å². The van der Waals surface area contributed by atoms with Crippen LogP contribution in [-0.2, 0) is 10.2 Å². The fourth-order valence-corrected chi connectivity index (χ4v) is 3.42. The highest BCUT2D eigenvalue weighted by Crippen LogP contribution is 2.16. The summed E-state index contributed by atoms with van der Waals surface area (Å²) in [6.07, 6.45) is 4.15. The van der Waals surface area contributed by atoms with Crippen LogP contribution in [0, 0.1) is 6.92 Å². The maximum Gasteiger partial charge on any atom is 0.301 e. The van der Waals surface area contributed by atoms with Crippen molar-refractivity contribution in [1.82, 2.24) is 4.31 Å². The molecule has 100 valence electrons. The molecule has 18 heavy (non-hydrogen) atoms. The summed E-state index contributed by atoms with van der Waals surface area (Å²) in [5, 5.41) is 0. The van der Waals surface area contributed by atoms with Gasteiger partial charge < -0.3 is 0 Å². The first-order chi connectivity index (χ1) is 8.58. The maximum atomic E-state index is 12.2. The third-order valence-electron chi connectivity index (χ3n) is 3.20. The Bertz CT molecular complexity index is 474. The molecule has 0 amide bonds. The first kappa shape index (κ1) is 13.4. The highest BCUT2D eigenvalue weighted by atomic mass is 32.2. The Hall–Kier alpha value is -1.07. The molecule has 0 atom stereocenters. The first-order valence-corrected chi connectivity index (χ1v) is 7.86. The van der Waals surface area contributed by atoms with Crippen LogP contribution in [0.1, 0.15) is 31.2 Å². The van der Waals surface area contributed by atoms with Gasteiger partial charge in [-0.25, -0.2) is 0 Å². The molecule has 1 N–H and O–H groups in total. The molecule has 1 saturated heterocycles. The second-order valence-electron chi connectivity index (χ2n) is 4.79. The minimum absolute atomic E-state index is 0.626. The molecule has 0 aliphatic carbocycles.